The number of fused-ring (bicyclic) bond motifs is 1. The first-order chi connectivity index (χ1) is 24.0. The molecule has 0 atom stereocenters. The summed E-state index contributed by atoms with van der Waals surface area (Å²) in [5.41, 5.74) is 3.05. The molecule has 1 aromatic heterocycles. The maximum atomic E-state index is 13.4. The van der Waals surface area contributed by atoms with Gasteiger partial charge in [-0.05, 0) is 49.3 Å². The molecule has 0 spiro atoms. The van der Waals surface area contributed by atoms with Crippen molar-refractivity contribution >= 4 is 35.6 Å². The summed E-state index contributed by atoms with van der Waals surface area (Å²) in [6.45, 7) is 3.20. The van der Waals surface area contributed by atoms with Gasteiger partial charge >= 0.3 is 23.9 Å². The fourth-order valence-corrected chi connectivity index (χ4v) is 6.35. The van der Waals surface area contributed by atoms with Gasteiger partial charge in [0.1, 0.15) is 5.82 Å². The predicted octanol–water partition coefficient (Wildman–Crippen LogP) is 0.889. The van der Waals surface area contributed by atoms with Crippen LogP contribution in [0.3, 0.4) is 0 Å². The second-order valence-electron chi connectivity index (χ2n) is 13.2. The molecular formula is C34H55N7O9. The number of carbonyl (C=O) groups is 5. The molecule has 1 saturated heterocycles. The lowest BCUT2D eigenvalue weighted by Crippen LogP contribution is -2.49. The number of carbonyl (C=O) groups excluding carboxylic acids is 1. The van der Waals surface area contributed by atoms with Crippen molar-refractivity contribution < 1.29 is 44.4 Å². The SMILES string of the molecule is O=C(O)CCCCCCCCc1nc2c(cc1CNC(=O)CN1CCN(CC(=O)O)CCN(CC(=O)O)CCN(CC(=O)O)CC1)CCCN2. The number of nitrogens with one attached hydrogen (secondary N) is 2. The van der Waals surface area contributed by atoms with E-state index >= 15 is 0 Å². The Bertz CT molecular complexity index is 1250. The molecule has 1 fully saturated rings. The molecule has 3 heterocycles. The van der Waals surface area contributed by atoms with E-state index < -0.39 is 23.9 Å². The number of hydrogen-bond donors (Lipinski definition) is 6. The Kier molecular flexibility index (Phi) is 17.9. The minimum atomic E-state index is -1.01. The van der Waals surface area contributed by atoms with Crippen molar-refractivity contribution in [3.63, 3.8) is 0 Å². The van der Waals surface area contributed by atoms with Gasteiger partial charge in [0.05, 0.1) is 26.2 Å². The van der Waals surface area contributed by atoms with Crippen molar-refractivity contribution in [1.29, 1.82) is 0 Å². The smallest absolute Gasteiger partial charge is 0.317 e. The van der Waals surface area contributed by atoms with Crippen LogP contribution in [0.25, 0.3) is 0 Å². The van der Waals surface area contributed by atoms with E-state index in [0.29, 0.717) is 65.3 Å². The Morgan fingerprint density at radius 2 is 1.14 bits per heavy atom. The molecule has 2 aliphatic rings. The van der Waals surface area contributed by atoms with E-state index in [0.717, 1.165) is 80.6 Å². The number of aliphatic carboxylic acids is 4. The summed E-state index contributed by atoms with van der Waals surface area (Å²) in [7, 11) is 0. The summed E-state index contributed by atoms with van der Waals surface area (Å²) in [5, 5.41) is 43.6. The van der Waals surface area contributed by atoms with E-state index in [2.05, 4.69) is 16.7 Å². The molecule has 0 aromatic carbocycles. The molecule has 1 amide bonds. The molecule has 16 heteroatoms. The maximum Gasteiger partial charge on any atom is 0.317 e. The fraction of sp³-hybridized carbons (Fsp3) is 0.706. The molecule has 1 aromatic rings. The lowest BCUT2D eigenvalue weighted by atomic mass is 10.00. The molecule has 280 valence electrons. The molecule has 16 nitrogen and oxygen atoms in total. The number of amides is 1. The first-order valence-electron chi connectivity index (χ1n) is 17.8. The minimum Gasteiger partial charge on any atom is -0.481 e. The van der Waals surface area contributed by atoms with Crippen LogP contribution in [0.4, 0.5) is 5.82 Å². The van der Waals surface area contributed by atoms with Gasteiger partial charge in [0.2, 0.25) is 5.91 Å². The highest BCUT2D eigenvalue weighted by atomic mass is 16.4. The number of hydrogen-bond acceptors (Lipinski definition) is 11. The Balaban J connectivity index is 1.63. The Labute approximate surface area is 293 Å². The molecule has 3 rings (SSSR count). The summed E-state index contributed by atoms with van der Waals surface area (Å²) in [6.07, 6.45) is 8.47. The lowest BCUT2D eigenvalue weighted by molar-refractivity contribution is -0.140. The third-order valence-electron chi connectivity index (χ3n) is 9.09. The molecule has 0 aliphatic carbocycles. The molecule has 0 saturated carbocycles. The average molecular weight is 706 g/mol. The topological polar surface area (TPSA) is 216 Å². The van der Waals surface area contributed by atoms with Crippen molar-refractivity contribution in [2.45, 2.75) is 70.8 Å². The van der Waals surface area contributed by atoms with E-state index in [4.69, 9.17) is 10.1 Å². The molecule has 0 unspecified atom stereocenters. The van der Waals surface area contributed by atoms with Gasteiger partial charge in [0.15, 0.2) is 0 Å². The molecule has 0 bridgehead atoms. The first-order valence-corrected chi connectivity index (χ1v) is 17.8. The zero-order valence-electron chi connectivity index (χ0n) is 29.1. The second kappa shape index (κ2) is 22.1. The number of pyridine rings is 1. The highest BCUT2D eigenvalue weighted by molar-refractivity contribution is 5.78. The standard InChI is InChI=1S/C34H55N7O9/c42-29(36-21-27-20-26-8-7-11-35-34(26)37-28(27)9-5-3-1-2-4-6-10-30(43)44)22-38-12-14-39(23-31(45)46)16-18-41(25-33(49)50)19-17-40(15-13-38)24-32(47)48/h20H,1-19,21-25H2,(H,35,37)(H,36,42)(H,43,44)(H,45,46)(H,47,48)(H,49,50). The van der Waals surface area contributed by atoms with Crippen LogP contribution >= 0.6 is 0 Å². The van der Waals surface area contributed by atoms with E-state index in [1.165, 1.54) is 0 Å². The van der Waals surface area contributed by atoms with Gasteiger partial charge in [-0.25, -0.2) is 4.98 Å². The fourth-order valence-electron chi connectivity index (χ4n) is 6.35. The quantitative estimate of drug-likeness (QED) is 0.110. The van der Waals surface area contributed by atoms with E-state index in [1.807, 2.05) is 4.90 Å². The van der Waals surface area contributed by atoms with Crippen molar-refractivity contribution in [2.75, 3.05) is 90.4 Å². The third-order valence-corrected chi connectivity index (χ3v) is 9.09. The Morgan fingerprint density at radius 3 is 1.64 bits per heavy atom. The highest BCUT2D eigenvalue weighted by Crippen LogP contribution is 2.24. The largest absolute Gasteiger partial charge is 0.481 e. The number of carboxylic acids is 4. The van der Waals surface area contributed by atoms with Gasteiger partial charge in [-0.3, -0.25) is 43.6 Å². The number of rotatable bonds is 19. The van der Waals surface area contributed by atoms with Crippen molar-refractivity contribution in [1.82, 2.24) is 29.9 Å². The molecule has 2 aliphatic heterocycles. The third kappa shape index (κ3) is 16.2. The summed E-state index contributed by atoms with van der Waals surface area (Å²) in [4.78, 5) is 70.7. The minimum absolute atomic E-state index is 0.0457. The van der Waals surface area contributed by atoms with E-state index in [-0.39, 0.29) is 38.5 Å². The average Bonchev–Trinajstić information content (AvgIpc) is 3.05. The van der Waals surface area contributed by atoms with Crippen LogP contribution in [0.2, 0.25) is 0 Å². The van der Waals surface area contributed by atoms with Crippen LogP contribution in [-0.2, 0) is 43.4 Å². The van der Waals surface area contributed by atoms with Crippen molar-refractivity contribution in [3.05, 3.63) is 22.9 Å². The van der Waals surface area contributed by atoms with Gasteiger partial charge in [-0.2, -0.15) is 0 Å². The van der Waals surface area contributed by atoms with Crippen LogP contribution in [0, 0.1) is 0 Å². The van der Waals surface area contributed by atoms with Crippen LogP contribution in [0.5, 0.6) is 0 Å². The van der Waals surface area contributed by atoms with Gasteiger partial charge in [0.25, 0.3) is 0 Å². The number of carboxylic acid groups (broad SMARTS) is 4. The normalized spacial score (nSPS) is 17.1. The maximum absolute atomic E-state index is 13.4. The van der Waals surface area contributed by atoms with Crippen molar-refractivity contribution in [2.24, 2.45) is 0 Å². The predicted molar refractivity (Wildman–Crippen MR) is 185 cm³/mol. The Hall–Kier alpha value is -3.86. The monoisotopic (exact) mass is 705 g/mol. The summed E-state index contributed by atoms with van der Waals surface area (Å²) in [5.74, 6) is -3.08. The zero-order valence-corrected chi connectivity index (χ0v) is 29.1. The molecule has 6 N–H and O–H groups in total. The first kappa shape index (κ1) is 40.6. The summed E-state index contributed by atoms with van der Waals surface area (Å²) >= 11 is 0. The van der Waals surface area contributed by atoms with Gasteiger partial charge in [-0.1, -0.05) is 25.7 Å². The van der Waals surface area contributed by atoms with Crippen LogP contribution in [-0.4, -0.2) is 160 Å². The lowest BCUT2D eigenvalue weighted by Gasteiger charge is -2.32. The Morgan fingerprint density at radius 1 is 0.660 bits per heavy atom. The summed E-state index contributed by atoms with van der Waals surface area (Å²) in [6, 6.07) is 2.13. The molecular weight excluding hydrogens is 650 g/mol. The number of unbranched alkanes of at least 4 members (excludes halogenated alkanes) is 5. The zero-order chi connectivity index (χ0) is 36.3. The van der Waals surface area contributed by atoms with Gasteiger partial charge < -0.3 is 31.1 Å². The molecule has 0 radical (unpaired) electrons. The van der Waals surface area contributed by atoms with Crippen LogP contribution in [0.1, 0.15) is 68.2 Å². The number of anilines is 1. The number of aromatic nitrogens is 1. The van der Waals surface area contributed by atoms with Crippen molar-refractivity contribution in [3.8, 4) is 0 Å². The van der Waals surface area contributed by atoms with E-state index in [1.54, 1.807) is 14.7 Å². The summed E-state index contributed by atoms with van der Waals surface area (Å²) < 4.78 is 0. The van der Waals surface area contributed by atoms with Crippen LogP contribution < -0.4 is 10.6 Å². The second-order valence-corrected chi connectivity index (χ2v) is 13.2. The van der Waals surface area contributed by atoms with Gasteiger partial charge in [0, 0.05) is 77.6 Å². The number of aryl methyl sites for hydroxylation is 2. The van der Waals surface area contributed by atoms with Crippen LogP contribution in [0.15, 0.2) is 6.07 Å². The number of nitrogens with zero attached hydrogens (tertiary/aromatic N) is 5. The van der Waals surface area contributed by atoms with Gasteiger partial charge in [-0.15, -0.1) is 0 Å². The van der Waals surface area contributed by atoms with E-state index in [9.17, 15) is 39.3 Å². The highest BCUT2D eigenvalue weighted by Gasteiger charge is 2.22. The molecule has 50 heavy (non-hydrogen) atoms.